The van der Waals surface area contributed by atoms with Crippen molar-refractivity contribution in [1.82, 2.24) is 0 Å². The fourth-order valence-electron chi connectivity index (χ4n) is 4.93. The average molecular weight is 491 g/mol. The quantitative estimate of drug-likeness (QED) is 0.0746. The Bertz CT molecular complexity index is 598. The van der Waals surface area contributed by atoms with Crippen molar-refractivity contribution >= 4 is 7.14 Å². The first kappa shape index (κ1) is 31.5. The van der Waals surface area contributed by atoms with Gasteiger partial charge in [-0.1, -0.05) is 88.8 Å². The molecule has 1 saturated carbocycles. The van der Waals surface area contributed by atoms with Gasteiger partial charge in [0.2, 0.25) is 0 Å². The molecule has 0 aromatic carbocycles. The summed E-state index contributed by atoms with van der Waals surface area (Å²) in [5.41, 5.74) is 1.46. The van der Waals surface area contributed by atoms with Crippen LogP contribution in [0.25, 0.3) is 0 Å². The number of hydrogen-bond acceptors (Lipinski definition) is 1. The van der Waals surface area contributed by atoms with E-state index in [-0.39, 0.29) is 0 Å². The summed E-state index contributed by atoms with van der Waals surface area (Å²) in [4.78, 5) is 0. The van der Waals surface area contributed by atoms with Gasteiger partial charge in [0.25, 0.3) is 0 Å². The molecule has 2 heteroatoms. The summed E-state index contributed by atoms with van der Waals surface area (Å²) in [6.45, 7) is 10.9. The molecule has 0 aromatic rings. The van der Waals surface area contributed by atoms with Gasteiger partial charge in [-0.25, -0.2) is 0 Å². The van der Waals surface area contributed by atoms with Gasteiger partial charge in [-0.05, 0) is 102 Å². The largest absolute Gasteiger partial charge is 0.324 e. The molecule has 0 amide bonds. The van der Waals surface area contributed by atoms with E-state index < -0.39 is 7.14 Å². The molecule has 1 aliphatic rings. The van der Waals surface area contributed by atoms with Crippen LogP contribution in [0.5, 0.6) is 0 Å². The Morgan fingerprint density at radius 1 is 0.794 bits per heavy atom. The molecular weight excluding hydrogens is 431 g/mol. The van der Waals surface area contributed by atoms with Crippen LogP contribution in [0.3, 0.4) is 0 Å². The number of unbranched alkanes of at least 4 members (excludes halogenated alkanes) is 9. The van der Waals surface area contributed by atoms with E-state index in [1.807, 2.05) is 0 Å². The van der Waals surface area contributed by atoms with Crippen LogP contribution in [-0.2, 0) is 4.57 Å². The van der Waals surface area contributed by atoms with E-state index in [1.165, 1.54) is 108 Å². The van der Waals surface area contributed by atoms with Gasteiger partial charge >= 0.3 is 0 Å². The third kappa shape index (κ3) is 18.7. The lowest BCUT2D eigenvalue weighted by molar-refractivity contribution is 0.411. The van der Waals surface area contributed by atoms with Gasteiger partial charge in [0, 0.05) is 12.3 Å². The van der Waals surface area contributed by atoms with Crippen LogP contribution in [0.4, 0.5) is 0 Å². The highest BCUT2D eigenvalue weighted by atomic mass is 31.2. The standard InChI is InChI=1S/C32H59OP/c1-5-7-9-10-11-12-13-14-15-16-17-18-19-20-21-22-30(3)23-24-32(31-25-26-31)27-29-34(4,33)28-8-6-2/h11-12,14-15,31-32H,3,5-10,13,16-29H2,1-2,4H3/b12-11-,15-14-. The van der Waals surface area contributed by atoms with Gasteiger partial charge in [0.05, 0.1) is 7.14 Å². The number of allylic oxidation sites excluding steroid dienone is 5. The molecule has 0 bridgehead atoms. The summed E-state index contributed by atoms with van der Waals surface area (Å²) in [6, 6.07) is 0. The summed E-state index contributed by atoms with van der Waals surface area (Å²) >= 11 is 0. The molecule has 0 N–H and O–H groups in total. The van der Waals surface area contributed by atoms with Crippen LogP contribution >= 0.6 is 7.14 Å². The Labute approximate surface area is 214 Å². The van der Waals surface area contributed by atoms with Crippen LogP contribution in [0, 0.1) is 11.8 Å². The lowest BCUT2D eigenvalue weighted by Crippen LogP contribution is -2.08. The molecule has 198 valence electrons. The van der Waals surface area contributed by atoms with Crippen molar-refractivity contribution in [2.75, 3.05) is 19.0 Å². The fraction of sp³-hybridized carbons (Fsp3) is 0.812. The minimum absolute atomic E-state index is 0.802. The van der Waals surface area contributed by atoms with Crippen LogP contribution in [0.1, 0.15) is 136 Å². The molecule has 1 fully saturated rings. The number of hydrogen-bond donors (Lipinski definition) is 0. The molecule has 34 heavy (non-hydrogen) atoms. The predicted octanol–water partition coefficient (Wildman–Crippen LogP) is 11.3. The average Bonchev–Trinajstić information content (AvgIpc) is 3.65. The van der Waals surface area contributed by atoms with Gasteiger partial charge in [-0.15, -0.1) is 0 Å². The normalized spacial score (nSPS) is 16.9. The molecule has 1 nitrogen and oxygen atoms in total. The first-order valence-electron chi connectivity index (χ1n) is 15.0. The van der Waals surface area contributed by atoms with Crippen LogP contribution in [0.15, 0.2) is 36.5 Å². The second-order valence-corrected chi connectivity index (χ2v) is 14.7. The Morgan fingerprint density at radius 3 is 2.06 bits per heavy atom. The molecule has 1 aliphatic carbocycles. The van der Waals surface area contributed by atoms with Crippen LogP contribution in [-0.4, -0.2) is 19.0 Å². The fourth-order valence-corrected chi connectivity index (χ4v) is 7.01. The molecule has 2 unspecified atom stereocenters. The van der Waals surface area contributed by atoms with Crippen molar-refractivity contribution in [3.8, 4) is 0 Å². The van der Waals surface area contributed by atoms with Gasteiger partial charge in [0.1, 0.15) is 0 Å². The van der Waals surface area contributed by atoms with Gasteiger partial charge in [-0.3, -0.25) is 0 Å². The predicted molar refractivity (Wildman–Crippen MR) is 157 cm³/mol. The van der Waals surface area contributed by atoms with E-state index in [1.54, 1.807) is 0 Å². The molecule has 0 aromatic heterocycles. The lowest BCUT2D eigenvalue weighted by atomic mass is 9.91. The van der Waals surface area contributed by atoms with Crippen molar-refractivity contribution in [1.29, 1.82) is 0 Å². The number of rotatable bonds is 24. The molecule has 0 heterocycles. The molecule has 0 radical (unpaired) electrons. The van der Waals surface area contributed by atoms with Gasteiger partial charge in [0.15, 0.2) is 0 Å². The third-order valence-electron chi connectivity index (χ3n) is 7.60. The molecular formula is C32H59OP. The van der Waals surface area contributed by atoms with E-state index in [4.69, 9.17) is 0 Å². The smallest absolute Gasteiger partial charge is 0.0848 e. The SMILES string of the molecule is C=C(CCCCCCC/C=C\C/C=C\CCCCC)CCC(CCP(C)(=O)CCCC)C1CC1. The van der Waals surface area contributed by atoms with Crippen molar-refractivity contribution in [2.45, 2.75) is 136 Å². The maximum atomic E-state index is 12.8. The maximum Gasteiger partial charge on any atom is 0.0848 e. The minimum Gasteiger partial charge on any atom is -0.324 e. The second-order valence-electron chi connectivity index (χ2n) is 11.3. The summed E-state index contributed by atoms with van der Waals surface area (Å²) in [6.07, 6.45) is 35.6. The molecule has 0 spiro atoms. The van der Waals surface area contributed by atoms with Crippen molar-refractivity contribution in [2.24, 2.45) is 11.8 Å². The summed E-state index contributed by atoms with van der Waals surface area (Å²) < 4.78 is 12.8. The molecule has 1 rings (SSSR count). The van der Waals surface area contributed by atoms with E-state index >= 15 is 0 Å². The first-order valence-corrected chi connectivity index (χ1v) is 17.5. The van der Waals surface area contributed by atoms with E-state index in [0.29, 0.717) is 0 Å². The van der Waals surface area contributed by atoms with Crippen molar-refractivity contribution in [3.63, 3.8) is 0 Å². The minimum atomic E-state index is -1.90. The highest BCUT2D eigenvalue weighted by Gasteiger charge is 2.31. The van der Waals surface area contributed by atoms with Crippen LogP contribution in [0.2, 0.25) is 0 Å². The third-order valence-corrected chi connectivity index (χ3v) is 10.1. The zero-order valence-corrected chi connectivity index (χ0v) is 24.3. The second kappa shape index (κ2) is 20.6. The van der Waals surface area contributed by atoms with Crippen LogP contribution < -0.4 is 0 Å². The molecule has 0 saturated heterocycles. The van der Waals surface area contributed by atoms with Gasteiger partial charge < -0.3 is 4.57 Å². The van der Waals surface area contributed by atoms with Gasteiger partial charge in [-0.2, -0.15) is 0 Å². The Morgan fingerprint density at radius 2 is 1.41 bits per heavy atom. The van der Waals surface area contributed by atoms with E-state index in [0.717, 1.165) is 43.4 Å². The monoisotopic (exact) mass is 490 g/mol. The Balaban J connectivity index is 2.00. The van der Waals surface area contributed by atoms with E-state index in [9.17, 15) is 4.57 Å². The maximum absolute atomic E-state index is 12.8. The first-order chi connectivity index (χ1) is 16.5. The zero-order chi connectivity index (χ0) is 24.9. The summed E-state index contributed by atoms with van der Waals surface area (Å²) in [5.74, 6) is 1.73. The van der Waals surface area contributed by atoms with E-state index in [2.05, 4.69) is 51.4 Å². The Kier molecular flexibility index (Phi) is 19.1. The summed E-state index contributed by atoms with van der Waals surface area (Å²) in [5, 5.41) is 0. The highest BCUT2D eigenvalue weighted by Crippen LogP contribution is 2.48. The Hall–Kier alpha value is -0.550. The highest BCUT2D eigenvalue weighted by molar-refractivity contribution is 7.63. The van der Waals surface area contributed by atoms with Crippen molar-refractivity contribution in [3.05, 3.63) is 36.5 Å². The summed E-state index contributed by atoms with van der Waals surface area (Å²) in [7, 11) is -1.90. The zero-order valence-electron chi connectivity index (χ0n) is 23.4. The topological polar surface area (TPSA) is 17.1 Å². The molecule has 0 aliphatic heterocycles. The molecule has 2 atom stereocenters. The van der Waals surface area contributed by atoms with Crippen molar-refractivity contribution < 1.29 is 4.57 Å². The lowest BCUT2D eigenvalue weighted by Gasteiger charge is -2.20.